The van der Waals surface area contributed by atoms with Crippen molar-refractivity contribution in [3.05, 3.63) is 36.5 Å². The zero-order valence-corrected chi connectivity index (χ0v) is 15.5. The Kier molecular flexibility index (Phi) is 3.89. The Balaban J connectivity index is 1.50. The van der Waals surface area contributed by atoms with Gasteiger partial charge in [-0.05, 0) is 49.1 Å². The highest BCUT2D eigenvalue weighted by molar-refractivity contribution is 5.87. The Labute approximate surface area is 150 Å². The molecule has 0 spiro atoms. The molecule has 1 amide bonds. The lowest BCUT2D eigenvalue weighted by Crippen LogP contribution is -2.45. The van der Waals surface area contributed by atoms with Crippen LogP contribution in [0.3, 0.4) is 0 Å². The van der Waals surface area contributed by atoms with Gasteiger partial charge in [-0.3, -0.25) is 4.79 Å². The summed E-state index contributed by atoms with van der Waals surface area (Å²) in [6.07, 6.45) is 6.02. The smallest absolute Gasteiger partial charge is 0.232 e. The third-order valence-corrected chi connectivity index (χ3v) is 7.06. The monoisotopic (exact) mass is 339 g/mol. The Morgan fingerprint density at radius 3 is 2.76 bits per heavy atom. The molecule has 4 heteroatoms. The Bertz CT molecular complexity index is 684. The normalized spacial score (nSPS) is 31.3. The van der Waals surface area contributed by atoms with Gasteiger partial charge in [-0.15, -0.1) is 0 Å². The van der Waals surface area contributed by atoms with E-state index in [1.54, 1.807) is 0 Å². The number of carbonyl (C=O) groups excluding carboxylic acids is 1. The lowest BCUT2D eigenvalue weighted by atomic mass is 9.68. The molecule has 2 atom stereocenters. The molecule has 2 bridgehead atoms. The van der Waals surface area contributed by atoms with E-state index in [0.29, 0.717) is 11.8 Å². The predicted molar refractivity (Wildman–Crippen MR) is 100 cm³/mol. The minimum Gasteiger partial charge on any atom is -0.355 e. The Hall–Kier alpha value is -1.84. The van der Waals surface area contributed by atoms with Crippen molar-refractivity contribution in [3.63, 3.8) is 0 Å². The van der Waals surface area contributed by atoms with Gasteiger partial charge in [0.1, 0.15) is 5.82 Å². The molecule has 3 aliphatic rings. The summed E-state index contributed by atoms with van der Waals surface area (Å²) in [5, 5.41) is 0. The van der Waals surface area contributed by atoms with Crippen LogP contribution in [0.5, 0.6) is 0 Å². The molecular weight excluding hydrogens is 310 g/mol. The summed E-state index contributed by atoms with van der Waals surface area (Å²) in [6, 6.07) is 6.03. The lowest BCUT2D eigenvalue weighted by Gasteiger charge is -2.39. The van der Waals surface area contributed by atoms with Crippen LogP contribution in [-0.2, 0) is 4.79 Å². The number of nitrogens with zero attached hydrogens (tertiary/aromatic N) is 3. The number of carbonyl (C=O) groups is 1. The predicted octanol–water partition coefficient (Wildman–Crippen LogP) is 3.50. The van der Waals surface area contributed by atoms with Crippen molar-refractivity contribution in [1.29, 1.82) is 0 Å². The van der Waals surface area contributed by atoms with E-state index in [4.69, 9.17) is 0 Å². The zero-order chi connectivity index (χ0) is 17.7. The molecule has 25 heavy (non-hydrogen) atoms. The number of anilines is 1. The van der Waals surface area contributed by atoms with Crippen molar-refractivity contribution >= 4 is 11.7 Å². The first-order chi connectivity index (χ1) is 11.9. The molecule has 4 nitrogen and oxygen atoms in total. The maximum Gasteiger partial charge on any atom is 0.232 e. The number of hydrogen-bond acceptors (Lipinski definition) is 3. The van der Waals surface area contributed by atoms with Gasteiger partial charge in [0.05, 0.1) is 5.41 Å². The largest absolute Gasteiger partial charge is 0.355 e. The van der Waals surface area contributed by atoms with Gasteiger partial charge in [0.25, 0.3) is 0 Å². The second-order valence-corrected chi connectivity index (χ2v) is 8.54. The molecule has 1 aromatic rings. The number of hydrogen-bond donors (Lipinski definition) is 0. The second kappa shape index (κ2) is 5.86. The number of fused-ring (bicyclic) bond motifs is 2. The maximum absolute atomic E-state index is 13.5. The molecule has 4 rings (SSSR count). The molecule has 2 aliphatic carbocycles. The fourth-order valence-corrected chi connectivity index (χ4v) is 5.32. The van der Waals surface area contributed by atoms with Crippen LogP contribution in [0.25, 0.3) is 0 Å². The highest BCUT2D eigenvalue weighted by Crippen LogP contribution is 2.65. The van der Waals surface area contributed by atoms with Crippen molar-refractivity contribution in [3.8, 4) is 0 Å². The van der Waals surface area contributed by atoms with Crippen LogP contribution < -0.4 is 4.90 Å². The van der Waals surface area contributed by atoms with Crippen molar-refractivity contribution in [2.75, 3.05) is 31.1 Å². The van der Waals surface area contributed by atoms with E-state index in [2.05, 4.69) is 41.3 Å². The molecule has 1 saturated heterocycles. The molecular formula is C21H29N3O. The summed E-state index contributed by atoms with van der Waals surface area (Å²) >= 11 is 0. The minimum absolute atomic E-state index is 0.111. The lowest BCUT2D eigenvalue weighted by molar-refractivity contribution is -0.139. The van der Waals surface area contributed by atoms with E-state index in [9.17, 15) is 4.79 Å². The molecule has 134 valence electrons. The summed E-state index contributed by atoms with van der Waals surface area (Å²) < 4.78 is 0. The standard InChI is InChI=1S/C21H29N3O/c1-16-20(2,3)17-8-9-21(16,15-17)19(25)24-12-6-11-23(13-14-24)18-7-4-5-10-22-18/h4-5,7,10,17H,1,6,8-9,11-15H2,2-3H3/t17-,21+/m1/s1. The molecule has 1 aliphatic heterocycles. The zero-order valence-electron chi connectivity index (χ0n) is 15.5. The van der Waals surface area contributed by atoms with Gasteiger partial charge in [0, 0.05) is 32.4 Å². The van der Waals surface area contributed by atoms with Crippen LogP contribution >= 0.6 is 0 Å². The first-order valence-corrected chi connectivity index (χ1v) is 9.60. The number of pyridine rings is 1. The van der Waals surface area contributed by atoms with Crippen LogP contribution in [0, 0.1) is 16.7 Å². The summed E-state index contributed by atoms with van der Waals surface area (Å²) in [4.78, 5) is 22.4. The van der Waals surface area contributed by atoms with Gasteiger partial charge < -0.3 is 9.80 Å². The fourth-order valence-electron chi connectivity index (χ4n) is 5.32. The average Bonchev–Trinajstić information content (AvgIpc) is 3.03. The third kappa shape index (κ3) is 2.49. The van der Waals surface area contributed by atoms with Gasteiger partial charge in [-0.2, -0.15) is 0 Å². The topological polar surface area (TPSA) is 36.4 Å². The highest BCUT2D eigenvalue weighted by Gasteiger charge is 2.61. The third-order valence-electron chi connectivity index (χ3n) is 7.06. The van der Waals surface area contributed by atoms with Crippen molar-refractivity contribution < 1.29 is 4.79 Å². The second-order valence-electron chi connectivity index (χ2n) is 8.54. The summed E-state index contributed by atoms with van der Waals surface area (Å²) in [5.74, 6) is 1.98. The average molecular weight is 339 g/mol. The van der Waals surface area contributed by atoms with Gasteiger partial charge >= 0.3 is 0 Å². The van der Waals surface area contributed by atoms with Crippen molar-refractivity contribution in [2.45, 2.75) is 39.5 Å². The van der Waals surface area contributed by atoms with Crippen LogP contribution in [0.15, 0.2) is 36.5 Å². The minimum atomic E-state index is -0.283. The van der Waals surface area contributed by atoms with E-state index in [-0.39, 0.29) is 10.8 Å². The van der Waals surface area contributed by atoms with Gasteiger partial charge in [-0.25, -0.2) is 4.98 Å². The number of amides is 1. The molecule has 0 unspecified atom stereocenters. The fraction of sp³-hybridized carbons (Fsp3) is 0.619. The number of aromatic nitrogens is 1. The quantitative estimate of drug-likeness (QED) is 0.774. The molecule has 0 radical (unpaired) electrons. The highest BCUT2D eigenvalue weighted by atomic mass is 16.2. The van der Waals surface area contributed by atoms with Crippen molar-refractivity contribution in [2.24, 2.45) is 16.7 Å². The van der Waals surface area contributed by atoms with Gasteiger partial charge in [-0.1, -0.05) is 32.1 Å². The van der Waals surface area contributed by atoms with Crippen molar-refractivity contribution in [1.82, 2.24) is 9.88 Å². The van der Waals surface area contributed by atoms with Gasteiger partial charge in [0.15, 0.2) is 0 Å². The van der Waals surface area contributed by atoms with E-state index in [1.807, 2.05) is 18.3 Å². The van der Waals surface area contributed by atoms with Gasteiger partial charge in [0.2, 0.25) is 5.91 Å². The van der Waals surface area contributed by atoms with E-state index in [0.717, 1.165) is 51.3 Å². The maximum atomic E-state index is 13.5. The van der Waals surface area contributed by atoms with Crippen LogP contribution in [0.4, 0.5) is 5.82 Å². The van der Waals surface area contributed by atoms with E-state index >= 15 is 0 Å². The molecule has 2 saturated carbocycles. The molecule has 3 fully saturated rings. The summed E-state index contributed by atoms with van der Waals surface area (Å²) in [6.45, 7) is 12.4. The first-order valence-electron chi connectivity index (χ1n) is 9.60. The summed E-state index contributed by atoms with van der Waals surface area (Å²) in [5.41, 5.74) is 1.01. The molecule has 2 heterocycles. The SMILES string of the molecule is C=C1C(C)(C)[C@@H]2CC[C@]1(C(=O)N1CCCN(c3ccccn3)CC1)C2. The molecule has 0 aromatic carbocycles. The molecule has 0 N–H and O–H groups in total. The first kappa shape index (κ1) is 16.6. The van der Waals surface area contributed by atoms with E-state index in [1.165, 1.54) is 12.0 Å². The van der Waals surface area contributed by atoms with Crippen LogP contribution in [0.2, 0.25) is 0 Å². The van der Waals surface area contributed by atoms with E-state index < -0.39 is 0 Å². The van der Waals surface area contributed by atoms with Crippen LogP contribution in [0.1, 0.15) is 39.5 Å². The van der Waals surface area contributed by atoms with Crippen LogP contribution in [-0.4, -0.2) is 42.0 Å². The molecule has 1 aromatic heterocycles. The number of rotatable bonds is 2. The summed E-state index contributed by atoms with van der Waals surface area (Å²) in [7, 11) is 0. The Morgan fingerprint density at radius 1 is 1.24 bits per heavy atom. The Morgan fingerprint density at radius 2 is 2.08 bits per heavy atom.